The van der Waals surface area contributed by atoms with Crippen molar-refractivity contribution in [3.8, 4) is 23.0 Å². The van der Waals surface area contributed by atoms with Crippen LogP contribution in [0.3, 0.4) is 0 Å². The van der Waals surface area contributed by atoms with Gasteiger partial charge in [-0.15, -0.1) is 0 Å². The lowest BCUT2D eigenvalue weighted by Crippen LogP contribution is -2.39. The van der Waals surface area contributed by atoms with E-state index in [1.165, 1.54) is 57.9 Å². The first kappa shape index (κ1) is 34.3. The van der Waals surface area contributed by atoms with E-state index >= 15 is 0 Å². The Kier molecular flexibility index (Phi) is 11.8. The third kappa shape index (κ3) is 9.23. The van der Waals surface area contributed by atoms with Crippen LogP contribution in [0, 0.1) is 0 Å². The van der Waals surface area contributed by atoms with Crippen molar-refractivity contribution >= 4 is 33.7 Å². The molecule has 0 aliphatic heterocycles. The minimum atomic E-state index is -4.24. The summed E-state index contributed by atoms with van der Waals surface area (Å²) in [4.78, 5) is 25.2. The van der Waals surface area contributed by atoms with E-state index in [4.69, 9.17) is 18.9 Å². The number of benzene rings is 4. The van der Waals surface area contributed by atoms with Crippen LogP contribution in [0.5, 0.6) is 23.0 Å². The van der Waals surface area contributed by atoms with Crippen molar-refractivity contribution < 1.29 is 37.0 Å². The second-order valence-corrected chi connectivity index (χ2v) is 11.9. The summed E-state index contributed by atoms with van der Waals surface area (Å²) in [6.07, 6.45) is 1.40. The summed E-state index contributed by atoms with van der Waals surface area (Å²) in [6.45, 7) is 1.17. The van der Waals surface area contributed by atoms with Gasteiger partial charge in [0, 0.05) is 6.07 Å². The van der Waals surface area contributed by atoms with Gasteiger partial charge in [-0.2, -0.15) is 5.10 Å². The number of hydrogen-bond acceptors (Lipinski definition) is 9. The molecule has 0 aromatic heterocycles. The third-order valence-electron chi connectivity index (χ3n) is 6.92. The van der Waals surface area contributed by atoms with Gasteiger partial charge in [-0.05, 0) is 78.7 Å². The quantitative estimate of drug-likeness (QED) is 0.142. The molecule has 0 spiro atoms. The van der Waals surface area contributed by atoms with Crippen molar-refractivity contribution in [2.45, 2.75) is 17.9 Å². The van der Waals surface area contributed by atoms with Crippen LogP contribution in [0.1, 0.15) is 24.1 Å². The predicted molar refractivity (Wildman–Crippen MR) is 178 cm³/mol. The highest BCUT2D eigenvalue weighted by Gasteiger charge is 2.28. The van der Waals surface area contributed by atoms with E-state index in [-0.39, 0.29) is 34.9 Å². The van der Waals surface area contributed by atoms with Crippen LogP contribution in [0.15, 0.2) is 107 Å². The van der Waals surface area contributed by atoms with Gasteiger partial charge in [-0.25, -0.2) is 13.8 Å². The molecular formula is C34H36N4O8S. The fourth-order valence-corrected chi connectivity index (χ4v) is 5.86. The van der Waals surface area contributed by atoms with E-state index in [0.717, 1.165) is 9.87 Å². The van der Waals surface area contributed by atoms with E-state index in [0.29, 0.717) is 22.8 Å². The molecule has 0 saturated carbocycles. The Morgan fingerprint density at radius 1 is 0.809 bits per heavy atom. The lowest BCUT2D eigenvalue weighted by molar-refractivity contribution is -0.123. The van der Waals surface area contributed by atoms with E-state index in [9.17, 15) is 18.0 Å². The summed E-state index contributed by atoms with van der Waals surface area (Å²) >= 11 is 0. The van der Waals surface area contributed by atoms with Crippen molar-refractivity contribution in [3.05, 3.63) is 108 Å². The molecule has 12 nitrogen and oxygen atoms in total. The Morgan fingerprint density at radius 2 is 1.47 bits per heavy atom. The maximum absolute atomic E-state index is 13.8. The maximum atomic E-state index is 13.8. The fraction of sp³-hybridized carbons (Fsp3) is 0.206. The number of hydrazone groups is 1. The number of rotatable bonds is 15. The van der Waals surface area contributed by atoms with Crippen LogP contribution < -0.4 is 34.0 Å². The lowest BCUT2D eigenvalue weighted by atomic mass is 10.1. The number of nitrogens with one attached hydrogen (secondary N) is 2. The van der Waals surface area contributed by atoms with Gasteiger partial charge in [0.1, 0.15) is 18.0 Å². The molecule has 2 amide bonds. The fourth-order valence-electron chi connectivity index (χ4n) is 4.42. The van der Waals surface area contributed by atoms with Gasteiger partial charge in [-0.3, -0.25) is 13.9 Å². The summed E-state index contributed by atoms with van der Waals surface area (Å²) in [7, 11) is 0.0932. The minimum Gasteiger partial charge on any atom is -0.497 e. The summed E-state index contributed by atoms with van der Waals surface area (Å²) in [5.41, 5.74) is 4.23. The average molecular weight is 661 g/mol. The topological polar surface area (TPSA) is 145 Å². The highest BCUT2D eigenvalue weighted by Crippen LogP contribution is 2.32. The van der Waals surface area contributed by atoms with Crippen LogP contribution in [-0.2, 0) is 19.6 Å². The smallest absolute Gasteiger partial charge is 0.264 e. The molecule has 0 fully saturated rings. The van der Waals surface area contributed by atoms with Crippen LogP contribution in [0.2, 0.25) is 0 Å². The van der Waals surface area contributed by atoms with Gasteiger partial charge >= 0.3 is 0 Å². The molecule has 4 aromatic rings. The van der Waals surface area contributed by atoms with Crippen LogP contribution in [-0.4, -0.2) is 60.9 Å². The van der Waals surface area contributed by atoms with Crippen LogP contribution in [0.25, 0.3) is 0 Å². The molecular weight excluding hydrogens is 624 g/mol. The highest BCUT2D eigenvalue weighted by molar-refractivity contribution is 7.92. The molecule has 0 radical (unpaired) electrons. The minimum absolute atomic E-state index is 0.104. The summed E-state index contributed by atoms with van der Waals surface area (Å²) in [5, 5.41) is 6.87. The number of ether oxygens (including phenoxy) is 4. The van der Waals surface area contributed by atoms with Gasteiger partial charge < -0.3 is 24.3 Å². The molecule has 0 heterocycles. The van der Waals surface area contributed by atoms with E-state index < -0.39 is 22.5 Å². The normalized spacial score (nSPS) is 11.7. The largest absolute Gasteiger partial charge is 0.497 e. The summed E-state index contributed by atoms with van der Waals surface area (Å²) in [5.74, 6) is 0.624. The number of amides is 2. The molecule has 0 bridgehead atoms. The second-order valence-electron chi connectivity index (χ2n) is 10.1. The molecule has 2 N–H and O–H groups in total. The first-order valence-electron chi connectivity index (χ1n) is 14.4. The molecule has 0 aliphatic rings. The van der Waals surface area contributed by atoms with Crippen molar-refractivity contribution in [3.63, 3.8) is 0 Å². The number of carbonyl (C=O) groups is 2. The molecule has 0 aliphatic carbocycles. The zero-order valence-electron chi connectivity index (χ0n) is 26.4. The molecule has 13 heteroatoms. The molecule has 1 atom stereocenters. The molecule has 4 aromatic carbocycles. The number of methoxy groups -OCH3 is 3. The first-order chi connectivity index (χ1) is 22.6. The first-order valence-corrected chi connectivity index (χ1v) is 15.9. The summed E-state index contributed by atoms with van der Waals surface area (Å²) < 4.78 is 49.8. The predicted octanol–water partition coefficient (Wildman–Crippen LogP) is 4.31. The van der Waals surface area contributed by atoms with Crippen molar-refractivity contribution in [1.29, 1.82) is 0 Å². The Labute approximate surface area is 274 Å². The SMILES string of the molecule is COc1ccc(N(CC(=O)N/N=C\c2ccc(OCC(=O)N[C@@H](C)c3ccccc3)cc2)S(=O)(=O)c2ccc(OC)c(OC)c2)cc1. The maximum Gasteiger partial charge on any atom is 0.264 e. The number of hydrogen-bond donors (Lipinski definition) is 2. The van der Waals surface area contributed by atoms with Crippen molar-refractivity contribution in [2.75, 3.05) is 38.8 Å². The number of nitrogens with zero attached hydrogens (tertiary/aromatic N) is 2. The highest BCUT2D eigenvalue weighted by atomic mass is 32.2. The van der Waals surface area contributed by atoms with Gasteiger partial charge in [0.15, 0.2) is 18.1 Å². The standard InChI is InChI=1S/C34H36N4O8S/c1-24(26-8-6-5-7-9-26)36-34(40)23-46-29-14-10-25(11-15-29)21-35-37-33(39)22-38(27-12-16-28(43-2)17-13-27)47(41,42)30-18-19-31(44-3)32(20-30)45-4/h5-21,24H,22-23H2,1-4H3,(H,36,40)(H,37,39)/b35-21-/t24-/m0/s1. The molecule has 47 heavy (non-hydrogen) atoms. The Balaban J connectivity index is 1.38. The van der Waals surface area contributed by atoms with E-state index in [1.807, 2.05) is 37.3 Å². The zero-order chi connectivity index (χ0) is 33.8. The third-order valence-corrected chi connectivity index (χ3v) is 8.69. The van der Waals surface area contributed by atoms with Crippen molar-refractivity contribution in [1.82, 2.24) is 10.7 Å². The average Bonchev–Trinajstić information content (AvgIpc) is 3.10. The Bertz CT molecular complexity index is 1780. The molecule has 0 saturated heterocycles. The van der Waals surface area contributed by atoms with E-state index in [2.05, 4.69) is 15.8 Å². The van der Waals surface area contributed by atoms with Gasteiger partial charge in [0.2, 0.25) is 0 Å². The number of anilines is 1. The van der Waals surface area contributed by atoms with Crippen LogP contribution >= 0.6 is 0 Å². The number of sulfonamides is 1. The molecule has 4 rings (SSSR count). The molecule has 0 unspecified atom stereocenters. The second kappa shape index (κ2) is 16.1. The van der Waals surface area contributed by atoms with Crippen molar-refractivity contribution in [2.24, 2.45) is 5.10 Å². The lowest BCUT2D eigenvalue weighted by Gasteiger charge is -2.24. The zero-order valence-corrected chi connectivity index (χ0v) is 27.2. The monoisotopic (exact) mass is 660 g/mol. The Hall–Kier alpha value is -5.56. The number of carbonyl (C=O) groups excluding carboxylic acids is 2. The Morgan fingerprint density at radius 3 is 2.11 bits per heavy atom. The molecule has 246 valence electrons. The van der Waals surface area contributed by atoms with Crippen LogP contribution in [0.4, 0.5) is 5.69 Å². The van der Waals surface area contributed by atoms with Gasteiger partial charge in [-0.1, -0.05) is 30.3 Å². The van der Waals surface area contributed by atoms with E-state index in [1.54, 1.807) is 36.4 Å². The summed E-state index contributed by atoms with van der Waals surface area (Å²) in [6, 6.07) is 26.6. The van der Waals surface area contributed by atoms with Gasteiger partial charge in [0.25, 0.3) is 21.8 Å². The van der Waals surface area contributed by atoms with Gasteiger partial charge in [0.05, 0.1) is 44.2 Å².